The van der Waals surface area contributed by atoms with Crippen LogP contribution in [0.25, 0.3) is 10.8 Å². The lowest BCUT2D eigenvalue weighted by atomic mass is 9.94. The number of nitrogens with one attached hydrogen (secondary N) is 1. The van der Waals surface area contributed by atoms with Crippen molar-refractivity contribution >= 4 is 28.5 Å². The van der Waals surface area contributed by atoms with Crippen molar-refractivity contribution in [2.75, 3.05) is 20.2 Å². The van der Waals surface area contributed by atoms with Crippen molar-refractivity contribution in [2.24, 2.45) is 0 Å². The molecule has 3 amide bonds. The minimum Gasteiger partial charge on any atom is -0.493 e. The molecule has 0 fully saturated rings. The van der Waals surface area contributed by atoms with Crippen LogP contribution < -0.4 is 14.8 Å². The molecule has 0 unspecified atom stereocenters. The lowest BCUT2D eigenvalue weighted by Gasteiger charge is -2.27. The predicted molar refractivity (Wildman–Crippen MR) is 125 cm³/mol. The summed E-state index contributed by atoms with van der Waals surface area (Å²) in [7, 11) is 1.36. The van der Waals surface area contributed by atoms with Crippen LogP contribution in [-0.2, 0) is 11.2 Å². The van der Waals surface area contributed by atoms with Crippen molar-refractivity contribution in [2.45, 2.75) is 25.9 Å². The molecule has 0 saturated carbocycles. The van der Waals surface area contributed by atoms with Gasteiger partial charge in [-0.3, -0.25) is 19.3 Å². The molecule has 0 saturated heterocycles. The van der Waals surface area contributed by atoms with Crippen LogP contribution in [0.3, 0.4) is 0 Å². The van der Waals surface area contributed by atoms with Crippen LogP contribution >= 0.6 is 0 Å². The van der Waals surface area contributed by atoms with Crippen molar-refractivity contribution in [3.05, 3.63) is 71.3 Å². The third-order valence-electron chi connectivity index (χ3n) is 5.82. The number of carbonyl (C=O) groups is 3. The molecule has 0 spiro atoms. The third-order valence-corrected chi connectivity index (χ3v) is 5.82. The summed E-state index contributed by atoms with van der Waals surface area (Å²) < 4.78 is 34.6. The fraction of sp³-hybridized carbons (Fsp3) is 0.269. The maximum Gasteiger partial charge on any atom is 0.387 e. The Labute approximate surface area is 200 Å². The lowest BCUT2D eigenvalue weighted by Crippen LogP contribution is -2.41. The Balaban J connectivity index is 1.28. The molecule has 3 aromatic rings. The topological polar surface area (TPSA) is 84.9 Å². The second-order valence-corrected chi connectivity index (χ2v) is 8.04. The molecule has 4 rings (SSSR count). The number of methoxy groups -OCH3 is 1. The smallest absolute Gasteiger partial charge is 0.387 e. The van der Waals surface area contributed by atoms with Crippen molar-refractivity contribution in [1.29, 1.82) is 0 Å². The van der Waals surface area contributed by atoms with Gasteiger partial charge in [0.1, 0.15) is 0 Å². The number of carbonyl (C=O) groups excluding carboxylic acids is 3. The van der Waals surface area contributed by atoms with E-state index in [1.165, 1.54) is 24.1 Å². The summed E-state index contributed by atoms with van der Waals surface area (Å²) in [5.41, 5.74) is 1.66. The van der Waals surface area contributed by atoms with Gasteiger partial charge in [0, 0.05) is 36.0 Å². The maximum absolute atomic E-state index is 12.9. The molecular formula is C26H24F2N2O5. The first-order chi connectivity index (χ1) is 16.9. The Bertz CT molecular complexity index is 1230. The predicted octanol–water partition coefficient (Wildman–Crippen LogP) is 4.18. The molecule has 0 atom stereocenters. The minimum atomic E-state index is -2.97. The molecule has 9 heteroatoms. The third kappa shape index (κ3) is 5.24. The van der Waals surface area contributed by atoms with Crippen LogP contribution in [0.2, 0.25) is 0 Å². The summed E-state index contributed by atoms with van der Waals surface area (Å²) in [5.74, 6) is -0.831. The van der Waals surface area contributed by atoms with Crippen molar-refractivity contribution < 1.29 is 32.6 Å². The van der Waals surface area contributed by atoms with Gasteiger partial charge in [0.2, 0.25) is 5.91 Å². The summed E-state index contributed by atoms with van der Waals surface area (Å²) >= 11 is 0. The second-order valence-electron chi connectivity index (χ2n) is 8.04. The largest absolute Gasteiger partial charge is 0.493 e. The number of rotatable bonds is 10. The highest BCUT2D eigenvalue weighted by Gasteiger charge is 2.32. The number of ether oxygens (including phenoxy) is 2. The molecule has 1 heterocycles. The van der Waals surface area contributed by atoms with Gasteiger partial charge in [0.15, 0.2) is 11.5 Å². The van der Waals surface area contributed by atoms with Crippen LogP contribution in [0.4, 0.5) is 8.78 Å². The van der Waals surface area contributed by atoms with E-state index in [-0.39, 0.29) is 48.7 Å². The van der Waals surface area contributed by atoms with Gasteiger partial charge >= 0.3 is 6.61 Å². The molecule has 3 aromatic carbocycles. The molecule has 0 aromatic heterocycles. The van der Waals surface area contributed by atoms with E-state index in [0.29, 0.717) is 34.9 Å². The summed E-state index contributed by atoms with van der Waals surface area (Å²) in [4.78, 5) is 39.2. The van der Waals surface area contributed by atoms with E-state index >= 15 is 0 Å². The molecule has 1 aliphatic heterocycles. The van der Waals surface area contributed by atoms with Gasteiger partial charge in [0.05, 0.1) is 7.11 Å². The fourth-order valence-electron chi connectivity index (χ4n) is 4.18. The van der Waals surface area contributed by atoms with Gasteiger partial charge in [-0.1, -0.05) is 30.3 Å². The Hall–Kier alpha value is -4.01. The monoisotopic (exact) mass is 482 g/mol. The van der Waals surface area contributed by atoms with Crippen molar-refractivity contribution in [3.63, 3.8) is 0 Å². The number of imide groups is 1. The number of benzene rings is 3. The summed E-state index contributed by atoms with van der Waals surface area (Å²) in [6.07, 6.45) is 0.848. The van der Waals surface area contributed by atoms with Gasteiger partial charge in [-0.2, -0.15) is 8.78 Å². The van der Waals surface area contributed by atoms with E-state index in [0.717, 1.165) is 5.39 Å². The van der Waals surface area contributed by atoms with E-state index in [1.54, 1.807) is 30.3 Å². The Morgan fingerprint density at radius 1 is 1.00 bits per heavy atom. The number of alkyl halides is 2. The number of amides is 3. The Kier molecular flexibility index (Phi) is 7.24. The van der Waals surface area contributed by atoms with E-state index in [2.05, 4.69) is 10.1 Å². The Morgan fingerprint density at radius 2 is 1.69 bits per heavy atom. The fourth-order valence-corrected chi connectivity index (χ4v) is 4.18. The molecule has 0 bridgehead atoms. The minimum absolute atomic E-state index is 0.0699. The lowest BCUT2D eigenvalue weighted by molar-refractivity contribution is -0.121. The Morgan fingerprint density at radius 3 is 2.31 bits per heavy atom. The summed E-state index contributed by atoms with van der Waals surface area (Å²) in [6, 6.07) is 15.4. The quantitative estimate of drug-likeness (QED) is 0.438. The first-order valence-corrected chi connectivity index (χ1v) is 11.2. The molecule has 7 nitrogen and oxygen atoms in total. The molecular weight excluding hydrogens is 458 g/mol. The van der Waals surface area contributed by atoms with Gasteiger partial charge in [-0.25, -0.2) is 0 Å². The molecule has 0 aliphatic carbocycles. The number of hydrogen-bond donors (Lipinski definition) is 1. The average molecular weight is 482 g/mol. The van der Waals surface area contributed by atoms with Crippen molar-refractivity contribution in [3.8, 4) is 11.5 Å². The summed E-state index contributed by atoms with van der Waals surface area (Å²) in [5, 5.41) is 4.27. The molecule has 1 aliphatic rings. The summed E-state index contributed by atoms with van der Waals surface area (Å²) in [6.45, 7) is -2.56. The second kappa shape index (κ2) is 10.5. The van der Waals surface area contributed by atoms with Crippen molar-refractivity contribution in [1.82, 2.24) is 10.2 Å². The van der Waals surface area contributed by atoms with Gasteiger partial charge < -0.3 is 14.8 Å². The molecule has 0 radical (unpaired) electrons. The molecule has 35 heavy (non-hydrogen) atoms. The van der Waals surface area contributed by atoms with E-state index < -0.39 is 6.61 Å². The first kappa shape index (κ1) is 24.1. The van der Waals surface area contributed by atoms with Crippen LogP contribution in [0.1, 0.15) is 39.1 Å². The standard InChI is InChI=1S/C26H24F2N2O5/c1-34-20-11-10-16(15-21(20)35-26(27)28)12-13-29-22(31)9-4-14-30-24(32)18-7-2-5-17-6-3-8-19(23(17)18)25(30)33/h2-3,5-8,10-11,15,26H,4,9,12-14H2,1H3,(H,29,31). The average Bonchev–Trinajstić information content (AvgIpc) is 2.84. The van der Waals surface area contributed by atoms with Crippen LogP contribution in [0.15, 0.2) is 54.6 Å². The zero-order valence-electron chi connectivity index (χ0n) is 19.1. The highest BCUT2D eigenvalue weighted by atomic mass is 19.3. The van der Waals surface area contributed by atoms with Crippen LogP contribution in [0, 0.1) is 0 Å². The van der Waals surface area contributed by atoms with Gasteiger partial charge in [-0.15, -0.1) is 0 Å². The molecule has 182 valence electrons. The first-order valence-electron chi connectivity index (χ1n) is 11.2. The van der Waals surface area contributed by atoms with Crippen LogP contribution in [0.5, 0.6) is 11.5 Å². The van der Waals surface area contributed by atoms with E-state index in [1.807, 2.05) is 12.1 Å². The SMILES string of the molecule is COc1ccc(CCNC(=O)CCCN2C(=O)c3cccc4cccc(c34)C2=O)cc1OC(F)F. The van der Waals surface area contributed by atoms with E-state index in [4.69, 9.17) is 4.74 Å². The van der Waals surface area contributed by atoms with Gasteiger partial charge in [0.25, 0.3) is 11.8 Å². The number of hydrogen-bond acceptors (Lipinski definition) is 5. The van der Waals surface area contributed by atoms with Gasteiger partial charge in [-0.05, 0) is 48.1 Å². The molecule has 1 N–H and O–H groups in total. The number of halogens is 2. The number of nitrogens with zero attached hydrogens (tertiary/aromatic N) is 1. The van der Waals surface area contributed by atoms with Crippen LogP contribution in [-0.4, -0.2) is 49.4 Å². The highest BCUT2D eigenvalue weighted by molar-refractivity contribution is 6.25. The maximum atomic E-state index is 12.9. The zero-order chi connectivity index (χ0) is 24.9. The highest BCUT2D eigenvalue weighted by Crippen LogP contribution is 2.31. The van der Waals surface area contributed by atoms with E-state index in [9.17, 15) is 23.2 Å². The normalized spacial score (nSPS) is 12.9. The zero-order valence-corrected chi connectivity index (χ0v) is 19.1.